The van der Waals surface area contributed by atoms with Crippen LogP contribution in [-0.4, -0.2) is 47.1 Å². The van der Waals surface area contributed by atoms with Crippen molar-refractivity contribution in [2.45, 2.75) is 24.8 Å². The van der Waals surface area contributed by atoms with Crippen LogP contribution in [0.5, 0.6) is 0 Å². The number of rotatable bonds is 5. The largest absolute Gasteiger partial charge is 0.454 e. The number of hydrogen-bond acceptors (Lipinski definition) is 6. The zero-order chi connectivity index (χ0) is 28.1. The predicted molar refractivity (Wildman–Crippen MR) is 143 cm³/mol. The monoisotopic (exact) mass is 557 g/mol. The van der Waals surface area contributed by atoms with Crippen molar-refractivity contribution >= 4 is 41.2 Å². The third kappa shape index (κ3) is 3.96. The molecule has 0 unspecified atom stereocenters. The van der Waals surface area contributed by atoms with E-state index >= 15 is 0 Å². The van der Waals surface area contributed by atoms with Crippen LogP contribution in [-0.2, 0) is 23.9 Å². The summed E-state index contributed by atoms with van der Waals surface area (Å²) >= 11 is 5.98. The summed E-state index contributed by atoms with van der Waals surface area (Å²) in [4.78, 5) is 65.8. The van der Waals surface area contributed by atoms with Gasteiger partial charge in [0.2, 0.25) is 11.8 Å². The molecule has 7 rings (SSSR count). The molecule has 1 aliphatic heterocycles. The first kappa shape index (κ1) is 25.8. The van der Waals surface area contributed by atoms with Crippen LogP contribution in [0.4, 0.5) is 0 Å². The minimum Gasteiger partial charge on any atom is -0.454 e. The topological polar surface area (TPSA) is 122 Å². The van der Waals surface area contributed by atoms with Gasteiger partial charge in [0.05, 0.1) is 22.4 Å². The maximum Gasteiger partial charge on any atom is 0.329 e. The number of imide groups is 1. The number of hydrogen-bond donors (Lipinski definition) is 2. The van der Waals surface area contributed by atoms with Crippen LogP contribution in [0.2, 0.25) is 5.02 Å². The van der Waals surface area contributed by atoms with Gasteiger partial charge in [0.1, 0.15) is 6.04 Å². The number of esters is 1. The first-order valence-electron chi connectivity index (χ1n) is 12.8. The Bertz CT molecular complexity index is 1470. The fourth-order valence-electron chi connectivity index (χ4n) is 6.32. The second-order valence-electron chi connectivity index (χ2n) is 10.1. The molecule has 1 heterocycles. The Morgan fingerprint density at radius 1 is 0.800 bits per heavy atom. The van der Waals surface area contributed by atoms with E-state index in [1.807, 2.05) is 48.5 Å². The third-order valence-electron chi connectivity index (χ3n) is 7.99. The van der Waals surface area contributed by atoms with E-state index < -0.39 is 54.1 Å². The van der Waals surface area contributed by atoms with Crippen LogP contribution in [0, 0.1) is 11.8 Å². The molecule has 4 aliphatic rings. The zero-order valence-electron chi connectivity index (χ0n) is 21.3. The molecule has 3 aromatic rings. The van der Waals surface area contributed by atoms with E-state index in [-0.39, 0.29) is 22.4 Å². The number of nitrogens with one attached hydrogen (secondary N) is 2. The molecule has 40 heavy (non-hydrogen) atoms. The predicted octanol–water partition coefficient (Wildman–Crippen LogP) is 2.92. The number of nitrogens with zero attached hydrogens (tertiary/aromatic N) is 1. The molecule has 1 saturated heterocycles. The average molecular weight is 558 g/mol. The van der Waals surface area contributed by atoms with Gasteiger partial charge in [-0.3, -0.25) is 34.9 Å². The number of carbonyl (C=O) groups excluding carboxylic acids is 5. The first-order valence-corrected chi connectivity index (χ1v) is 13.2. The van der Waals surface area contributed by atoms with Gasteiger partial charge < -0.3 is 4.74 Å². The van der Waals surface area contributed by atoms with Crippen molar-refractivity contribution in [3.8, 4) is 0 Å². The summed E-state index contributed by atoms with van der Waals surface area (Å²) in [6.45, 7) is 0.686. The van der Waals surface area contributed by atoms with E-state index in [2.05, 4.69) is 10.9 Å². The van der Waals surface area contributed by atoms with Gasteiger partial charge in [0.15, 0.2) is 6.61 Å². The number of halogens is 1. The quantitative estimate of drug-likeness (QED) is 0.283. The van der Waals surface area contributed by atoms with E-state index in [4.69, 9.17) is 16.3 Å². The Hall–Kier alpha value is -4.50. The second-order valence-corrected chi connectivity index (χ2v) is 10.5. The molecule has 0 saturated carbocycles. The zero-order valence-corrected chi connectivity index (χ0v) is 22.1. The lowest BCUT2D eigenvalue weighted by Crippen LogP contribution is -2.47. The Morgan fingerprint density at radius 2 is 1.27 bits per heavy atom. The van der Waals surface area contributed by atoms with Crippen molar-refractivity contribution < 1.29 is 28.7 Å². The third-order valence-corrected chi connectivity index (χ3v) is 8.32. The van der Waals surface area contributed by atoms with Crippen molar-refractivity contribution in [2.24, 2.45) is 11.8 Å². The summed E-state index contributed by atoms with van der Waals surface area (Å²) in [7, 11) is 0. The SMILES string of the molecule is C[C@H](C(=O)OCC(=O)NNC(=O)c1ccccc1Cl)N1C(=O)[C@H]2C3c4ccccc4C(c4ccccc43)[C@@H]2C1=O. The molecule has 3 aliphatic carbocycles. The lowest BCUT2D eigenvalue weighted by Gasteiger charge is -2.45. The van der Waals surface area contributed by atoms with Gasteiger partial charge in [-0.1, -0.05) is 72.3 Å². The second kappa shape index (κ2) is 9.91. The maximum atomic E-state index is 13.7. The van der Waals surface area contributed by atoms with Crippen molar-refractivity contribution in [2.75, 3.05) is 6.61 Å². The molecule has 4 amide bonds. The lowest BCUT2D eigenvalue weighted by atomic mass is 9.55. The van der Waals surface area contributed by atoms with Gasteiger partial charge in [-0.2, -0.15) is 0 Å². The fourth-order valence-corrected chi connectivity index (χ4v) is 6.54. The summed E-state index contributed by atoms with van der Waals surface area (Å²) in [5.74, 6) is -5.04. The van der Waals surface area contributed by atoms with Crippen LogP contribution in [0.25, 0.3) is 0 Å². The van der Waals surface area contributed by atoms with Gasteiger partial charge in [-0.15, -0.1) is 0 Å². The summed E-state index contributed by atoms with van der Waals surface area (Å²) in [6.07, 6.45) is 0. The molecule has 3 aromatic carbocycles. The van der Waals surface area contributed by atoms with Gasteiger partial charge in [0.25, 0.3) is 11.8 Å². The minimum atomic E-state index is -1.23. The molecule has 0 spiro atoms. The molecule has 3 atom stereocenters. The highest BCUT2D eigenvalue weighted by Gasteiger charge is 2.62. The van der Waals surface area contributed by atoms with Crippen LogP contribution >= 0.6 is 11.6 Å². The molecule has 2 N–H and O–H groups in total. The van der Waals surface area contributed by atoms with Crippen molar-refractivity contribution in [3.63, 3.8) is 0 Å². The highest BCUT2D eigenvalue weighted by atomic mass is 35.5. The van der Waals surface area contributed by atoms with Crippen molar-refractivity contribution in [1.29, 1.82) is 0 Å². The smallest absolute Gasteiger partial charge is 0.329 e. The van der Waals surface area contributed by atoms with E-state index in [0.29, 0.717) is 0 Å². The van der Waals surface area contributed by atoms with Gasteiger partial charge in [-0.25, -0.2) is 4.79 Å². The fraction of sp³-hybridized carbons (Fsp3) is 0.233. The lowest BCUT2D eigenvalue weighted by molar-refractivity contribution is -0.159. The number of likely N-dealkylation sites (tertiary alicyclic amines) is 1. The van der Waals surface area contributed by atoms with E-state index in [1.165, 1.54) is 19.1 Å². The molecule has 1 fully saturated rings. The highest BCUT2D eigenvalue weighted by molar-refractivity contribution is 6.33. The number of carbonyl (C=O) groups is 5. The maximum absolute atomic E-state index is 13.7. The Morgan fingerprint density at radius 3 is 1.77 bits per heavy atom. The van der Waals surface area contributed by atoms with Crippen LogP contribution in [0.3, 0.4) is 0 Å². The van der Waals surface area contributed by atoms with E-state index in [1.54, 1.807) is 12.1 Å². The summed E-state index contributed by atoms with van der Waals surface area (Å²) in [5, 5.41) is 0.203. The summed E-state index contributed by atoms with van der Waals surface area (Å²) in [5.41, 5.74) is 8.61. The number of amides is 4. The van der Waals surface area contributed by atoms with Crippen molar-refractivity contribution in [3.05, 3.63) is 106 Å². The van der Waals surface area contributed by atoms with Crippen molar-refractivity contribution in [1.82, 2.24) is 15.8 Å². The molecule has 2 bridgehead atoms. The number of hydrazine groups is 1. The highest BCUT2D eigenvalue weighted by Crippen LogP contribution is 2.61. The number of benzene rings is 3. The minimum absolute atomic E-state index is 0.154. The molecular formula is C30H24ClN3O6. The standard InChI is InChI=1S/C30H24ClN3O6/c1-15(30(39)40-14-22(35)32-33-27(36)20-12-6-7-13-21(20)31)34-28(37)25-23-16-8-2-3-9-17(16)24(26(25)29(34)38)19-11-5-4-10-18(19)23/h2-13,15,23-26H,14H2,1H3,(H,32,35)(H,33,36)/t15-,23?,24?,25+,26+/m1/s1. The molecule has 202 valence electrons. The van der Waals surface area contributed by atoms with Gasteiger partial charge in [-0.05, 0) is 41.3 Å². The molecule has 9 nitrogen and oxygen atoms in total. The van der Waals surface area contributed by atoms with E-state index in [9.17, 15) is 24.0 Å². The molecule has 10 heteroatoms. The number of ether oxygens (including phenoxy) is 1. The molecular weight excluding hydrogens is 534 g/mol. The van der Waals surface area contributed by atoms with Crippen LogP contribution in [0.15, 0.2) is 72.8 Å². The first-order chi connectivity index (χ1) is 19.3. The van der Waals surface area contributed by atoms with Gasteiger partial charge >= 0.3 is 5.97 Å². The molecule has 0 aromatic heterocycles. The Labute approximate surface area is 234 Å². The van der Waals surface area contributed by atoms with Crippen LogP contribution in [0.1, 0.15) is 51.4 Å². The Kier molecular flexibility index (Phi) is 6.38. The van der Waals surface area contributed by atoms with E-state index in [0.717, 1.165) is 27.2 Å². The summed E-state index contributed by atoms with van der Waals surface area (Å²) < 4.78 is 5.11. The molecule has 0 radical (unpaired) electrons. The summed E-state index contributed by atoms with van der Waals surface area (Å²) in [6, 6.07) is 20.8. The normalized spacial score (nSPS) is 22.6. The van der Waals surface area contributed by atoms with Gasteiger partial charge in [0, 0.05) is 11.8 Å². The Balaban J connectivity index is 1.14. The average Bonchev–Trinajstić information content (AvgIpc) is 3.24. The van der Waals surface area contributed by atoms with Crippen LogP contribution < -0.4 is 10.9 Å².